The average molecular weight is 247 g/mol. The van der Waals surface area contributed by atoms with Gasteiger partial charge in [0.15, 0.2) is 5.82 Å². The maximum atomic E-state index is 13.5. The van der Waals surface area contributed by atoms with Crippen molar-refractivity contribution in [2.45, 2.75) is 0 Å². The van der Waals surface area contributed by atoms with Gasteiger partial charge in [-0.3, -0.25) is 0 Å². The van der Waals surface area contributed by atoms with E-state index >= 15 is 0 Å². The van der Waals surface area contributed by atoms with Crippen molar-refractivity contribution >= 4 is 22.6 Å². The fourth-order valence-electron chi connectivity index (χ4n) is 1.74. The fraction of sp³-hybridized carbons (Fsp3) is 0. The molecule has 0 saturated carbocycles. The average Bonchev–Trinajstić information content (AvgIpc) is 2.75. The number of nitrogens with one attached hydrogen (secondary N) is 1. The van der Waals surface area contributed by atoms with Crippen LogP contribution in [0.2, 0.25) is 5.02 Å². The molecule has 0 atom stereocenters. The number of fused-ring (bicyclic) bond motifs is 1. The van der Waals surface area contributed by atoms with Crippen molar-refractivity contribution in [2.24, 2.45) is 0 Å². The Bertz CT molecular complexity index is 673. The number of para-hydroxylation sites is 1. The minimum absolute atomic E-state index is 0.320. The molecule has 2 aromatic carbocycles. The molecule has 0 spiro atoms. The molecule has 0 radical (unpaired) electrons. The number of halogens is 2. The van der Waals surface area contributed by atoms with E-state index in [9.17, 15) is 4.39 Å². The Morgan fingerprint density at radius 3 is 2.53 bits per heavy atom. The summed E-state index contributed by atoms with van der Waals surface area (Å²) in [5.74, 6) is 0.320. The number of hydrogen-bond acceptors (Lipinski definition) is 1. The molecule has 1 N–H and O–H groups in total. The van der Waals surface area contributed by atoms with Gasteiger partial charge in [-0.05, 0) is 36.4 Å². The lowest BCUT2D eigenvalue weighted by atomic mass is 10.2. The maximum absolute atomic E-state index is 13.5. The molecule has 17 heavy (non-hydrogen) atoms. The molecule has 0 aliphatic heterocycles. The minimum atomic E-state index is -0.320. The van der Waals surface area contributed by atoms with E-state index in [1.807, 2.05) is 12.1 Å². The van der Waals surface area contributed by atoms with Crippen molar-refractivity contribution < 1.29 is 4.39 Å². The second-order valence-electron chi connectivity index (χ2n) is 3.73. The Morgan fingerprint density at radius 2 is 1.82 bits per heavy atom. The normalized spacial score (nSPS) is 10.9. The number of nitrogens with zero attached hydrogens (tertiary/aromatic N) is 1. The van der Waals surface area contributed by atoms with Crippen molar-refractivity contribution in [1.82, 2.24) is 9.97 Å². The first-order valence-corrected chi connectivity index (χ1v) is 5.52. The van der Waals surface area contributed by atoms with E-state index in [0.717, 1.165) is 5.56 Å². The van der Waals surface area contributed by atoms with E-state index in [1.165, 1.54) is 6.07 Å². The van der Waals surface area contributed by atoms with Crippen LogP contribution in [0.4, 0.5) is 4.39 Å². The second kappa shape index (κ2) is 3.86. The summed E-state index contributed by atoms with van der Waals surface area (Å²) in [5.41, 5.74) is 1.93. The van der Waals surface area contributed by atoms with Crippen LogP contribution in [0.25, 0.3) is 22.4 Å². The Kier molecular flexibility index (Phi) is 2.34. The van der Waals surface area contributed by atoms with Crippen molar-refractivity contribution in [3.8, 4) is 11.4 Å². The zero-order valence-corrected chi connectivity index (χ0v) is 9.50. The Morgan fingerprint density at radius 1 is 1.06 bits per heavy atom. The predicted molar refractivity (Wildman–Crippen MR) is 66.5 cm³/mol. The van der Waals surface area contributed by atoms with Gasteiger partial charge in [-0.1, -0.05) is 17.7 Å². The van der Waals surface area contributed by atoms with Crippen LogP contribution in [-0.2, 0) is 0 Å². The lowest BCUT2D eigenvalue weighted by molar-refractivity contribution is 0.637. The van der Waals surface area contributed by atoms with Crippen molar-refractivity contribution in [3.05, 3.63) is 53.3 Å². The van der Waals surface area contributed by atoms with E-state index < -0.39 is 0 Å². The topological polar surface area (TPSA) is 28.7 Å². The van der Waals surface area contributed by atoms with Gasteiger partial charge >= 0.3 is 0 Å². The molecule has 0 aliphatic carbocycles. The summed E-state index contributed by atoms with van der Waals surface area (Å²) in [7, 11) is 0. The number of hydrogen-bond donors (Lipinski definition) is 1. The first-order valence-electron chi connectivity index (χ1n) is 5.14. The van der Waals surface area contributed by atoms with E-state index in [1.54, 1.807) is 24.3 Å². The molecule has 1 heterocycles. The van der Waals surface area contributed by atoms with Gasteiger partial charge in [-0.25, -0.2) is 9.37 Å². The van der Waals surface area contributed by atoms with Crippen LogP contribution in [0.3, 0.4) is 0 Å². The summed E-state index contributed by atoms with van der Waals surface area (Å²) in [5, 5.41) is 0.663. The smallest absolute Gasteiger partial charge is 0.151 e. The number of rotatable bonds is 1. The van der Waals surface area contributed by atoms with Gasteiger partial charge in [-0.2, -0.15) is 0 Å². The number of benzene rings is 2. The standard InChI is InChI=1S/C13H8ClFN2/c14-9-6-4-8(5-7-9)13-16-11-3-1-2-10(15)12(11)17-13/h1-7H,(H,16,17). The van der Waals surface area contributed by atoms with Crippen LogP contribution in [0, 0.1) is 5.82 Å². The van der Waals surface area contributed by atoms with Crippen LogP contribution in [0.5, 0.6) is 0 Å². The number of aromatic nitrogens is 2. The van der Waals surface area contributed by atoms with Gasteiger partial charge in [-0.15, -0.1) is 0 Å². The first-order chi connectivity index (χ1) is 8.24. The lowest BCUT2D eigenvalue weighted by Crippen LogP contribution is -1.79. The summed E-state index contributed by atoms with van der Waals surface area (Å²) < 4.78 is 13.5. The number of H-pyrrole nitrogens is 1. The molecular weight excluding hydrogens is 239 g/mol. The highest BCUT2D eigenvalue weighted by molar-refractivity contribution is 6.30. The summed E-state index contributed by atoms with van der Waals surface area (Å²) in [6.45, 7) is 0. The van der Waals surface area contributed by atoms with Gasteiger partial charge in [0.2, 0.25) is 0 Å². The molecule has 2 nitrogen and oxygen atoms in total. The third-order valence-corrected chi connectivity index (χ3v) is 2.83. The van der Waals surface area contributed by atoms with Crippen LogP contribution in [0.15, 0.2) is 42.5 Å². The summed E-state index contributed by atoms with van der Waals surface area (Å²) in [6, 6.07) is 12.1. The summed E-state index contributed by atoms with van der Waals surface area (Å²) >= 11 is 5.81. The molecule has 0 bridgehead atoms. The van der Waals surface area contributed by atoms with E-state index in [2.05, 4.69) is 9.97 Å². The maximum Gasteiger partial charge on any atom is 0.151 e. The third-order valence-electron chi connectivity index (χ3n) is 2.58. The highest BCUT2D eigenvalue weighted by atomic mass is 35.5. The highest BCUT2D eigenvalue weighted by Crippen LogP contribution is 2.23. The SMILES string of the molecule is Fc1cccc2[nH]c(-c3ccc(Cl)cc3)nc12. The Labute approximate surface area is 102 Å². The predicted octanol–water partition coefficient (Wildman–Crippen LogP) is 4.02. The van der Waals surface area contributed by atoms with E-state index in [-0.39, 0.29) is 5.82 Å². The Balaban J connectivity index is 2.18. The lowest BCUT2D eigenvalue weighted by Gasteiger charge is -1.95. The molecule has 4 heteroatoms. The quantitative estimate of drug-likeness (QED) is 0.690. The van der Waals surface area contributed by atoms with Gasteiger partial charge in [0, 0.05) is 10.6 Å². The third kappa shape index (κ3) is 1.78. The van der Waals surface area contributed by atoms with E-state index in [0.29, 0.717) is 21.9 Å². The van der Waals surface area contributed by atoms with Gasteiger partial charge < -0.3 is 4.98 Å². The molecular formula is C13H8ClFN2. The number of aromatic amines is 1. The molecule has 1 aromatic heterocycles. The summed E-state index contributed by atoms with van der Waals surface area (Å²) in [6.07, 6.45) is 0. The van der Waals surface area contributed by atoms with Crippen LogP contribution in [-0.4, -0.2) is 9.97 Å². The largest absolute Gasteiger partial charge is 0.338 e. The van der Waals surface area contributed by atoms with Gasteiger partial charge in [0.1, 0.15) is 11.3 Å². The molecule has 84 valence electrons. The van der Waals surface area contributed by atoms with Crippen LogP contribution >= 0.6 is 11.6 Å². The van der Waals surface area contributed by atoms with Crippen molar-refractivity contribution in [2.75, 3.05) is 0 Å². The summed E-state index contributed by atoms with van der Waals surface area (Å²) in [4.78, 5) is 7.32. The van der Waals surface area contributed by atoms with Crippen molar-refractivity contribution in [1.29, 1.82) is 0 Å². The van der Waals surface area contributed by atoms with Crippen LogP contribution in [0.1, 0.15) is 0 Å². The Hall–Kier alpha value is -1.87. The molecule has 0 aliphatic rings. The molecule has 0 unspecified atom stereocenters. The fourth-order valence-corrected chi connectivity index (χ4v) is 1.87. The molecule has 3 rings (SSSR count). The van der Waals surface area contributed by atoms with Crippen molar-refractivity contribution in [3.63, 3.8) is 0 Å². The monoisotopic (exact) mass is 246 g/mol. The molecule has 0 fully saturated rings. The molecule has 0 amide bonds. The van der Waals surface area contributed by atoms with Crippen LogP contribution < -0.4 is 0 Å². The second-order valence-corrected chi connectivity index (χ2v) is 4.16. The zero-order valence-electron chi connectivity index (χ0n) is 8.74. The van der Waals surface area contributed by atoms with Gasteiger partial charge in [0.05, 0.1) is 5.52 Å². The molecule has 3 aromatic rings. The number of imidazole rings is 1. The zero-order chi connectivity index (χ0) is 11.8. The molecule has 0 saturated heterocycles. The van der Waals surface area contributed by atoms with Gasteiger partial charge in [0.25, 0.3) is 0 Å². The van der Waals surface area contributed by atoms with E-state index in [4.69, 9.17) is 11.6 Å². The highest BCUT2D eigenvalue weighted by Gasteiger charge is 2.08. The first kappa shape index (κ1) is 10.3. The minimum Gasteiger partial charge on any atom is -0.338 e.